The molecule has 0 atom stereocenters. The molecular formula is C7H15PS. The Morgan fingerprint density at radius 3 is 2.11 bits per heavy atom. The highest BCUT2D eigenvalue weighted by Crippen LogP contribution is 2.48. The molecule has 0 aliphatic carbocycles. The Morgan fingerprint density at radius 2 is 1.78 bits per heavy atom. The Morgan fingerprint density at radius 1 is 1.33 bits per heavy atom. The maximum absolute atomic E-state index is 5.46. The summed E-state index contributed by atoms with van der Waals surface area (Å²) < 4.78 is 0. The van der Waals surface area contributed by atoms with Crippen LogP contribution in [0.15, 0.2) is 0 Å². The Bertz CT molecular complexity index is 130. The molecule has 0 aromatic heterocycles. The van der Waals surface area contributed by atoms with Gasteiger partial charge in [0.25, 0.3) is 0 Å². The van der Waals surface area contributed by atoms with Crippen LogP contribution in [-0.2, 0) is 11.8 Å². The summed E-state index contributed by atoms with van der Waals surface area (Å²) in [5, 5.41) is 0. The average Bonchev–Trinajstić information content (AvgIpc) is 1.78. The largest absolute Gasteiger partial charge is 0.0978 e. The summed E-state index contributed by atoms with van der Waals surface area (Å²) in [6, 6.07) is -0.791. The van der Waals surface area contributed by atoms with E-state index in [1.165, 1.54) is 25.2 Å². The van der Waals surface area contributed by atoms with E-state index in [9.17, 15) is 0 Å². The summed E-state index contributed by atoms with van der Waals surface area (Å²) in [6.07, 6.45) is 5.52. The lowest BCUT2D eigenvalue weighted by atomic mass is 10.1. The second kappa shape index (κ2) is 2.72. The van der Waals surface area contributed by atoms with Gasteiger partial charge in [-0.15, -0.1) is 0 Å². The van der Waals surface area contributed by atoms with E-state index in [0.717, 1.165) is 5.92 Å². The summed E-state index contributed by atoms with van der Waals surface area (Å²) in [4.78, 5) is 0. The fourth-order valence-corrected chi connectivity index (χ4v) is 4.07. The van der Waals surface area contributed by atoms with Gasteiger partial charge in [0.1, 0.15) is 0 Å². The Kier molecular flexibility index (Phi) is 2.34. The van der Waals surface area contributed by atoms with Crippen molar-refractivity contribution in [2.24, 2.45) is 5.92 Å². The third-order valence-corrected chi connectivity index (χ3v) is 5.69. The molecule has 0 bridgehead atoms. The first-order valence-corrected chi connectivity index (χ1v) is 7.28. The minimum atomic E-state index is -0.791. The van der Waals surface area contributed by atoms with E-state index < -0.39 is 6.04 Å². The van der Waals surface area contributed by atoms with Crippen molar-refractivity contribution < 1.29 is 0 Å². The van der Waals surface area contributed by atoms with Crippen LogP contribution in [0.1, 0.15) is 19.8 Å². The minimum absolute atomic E-state index is 0.791. The van der Waals surface area contributed by atoms with E-state index in [-0.39, 0.29) is 0 Å². The van der Waals surface area contributed by atoms with Crippen molar-refractivity contribution in [2.45, 2.75) is 19.8 Å². The van der Waals surface area contributed by atoms with Gasteiger partial charge in [-0.1, -0.05) is 18.7 Å². The zero-order valence-corrected chi connectivity index (χ0v) is 7.97. The van der Waals surface area contributed by atoms with E-state index in [1.807, 2.05) is 0 Å². The standard InChI is InChI=1S/C7H15PS/c1-7-3-5-8(2,9)6-4-7/h7H,3-6H2,1-2H3. The molecule has 0 saturated carbocycles. The Hall–Kier alpha value is 0.650. The van der Waals surface area contributed by atoms with Gasteiger partial charge in [0.2, 0.25) is 0 Å². The van der Waals surface area contributed by atoms with Gasteiger partial charge in [0.05, 0.1) is 0 Å². The molecule has 0 nitrogen and oxygen atoms in total. The van der Waals surface area contributed by atoms with Gasteiger partial charge in [-0.3, -0.25) is 0 Å². The van der Waals surface area contributed by atoms with Gasteiger partial charge in [0.15, 0.2) is 0 Å². The topological polar surface area (TPSA) is 0 Å². The van der Waals surface area contributed by atoms with E-state index in [2.05, 4.69) is 13.6 Å². The van der Waals surface area contributed by atoms with E-state index in [1.54, 1.807) is 0 Å². The minimum Gasteiger partial charge on any atom is -0.0978 e. The fraction of sp³-hybridized carbons (Fsp3) is 1.00. The monoisotopic (exact) mass is 162 g/mol. The van der Waals surface area contributed by atoms with Crippen LogP contribution < -0.4 is 0 Å². The van der Waals surface area contributed by atoms with Crippen LogP contribution in [0.2, 0.25) is 0 Å². The molecule has 1 rings (SSSR count). The Balaban J connectivity index is 2.44. The van der Waals surface area contributed by atoms with Crippen molar-refractivity contribution in [1.29, 1.82) is 0 Å². The summed E-state index contributed by atoms with van der Waals surface area (Å²) in [5.74, 6) is 0.959. The molecule has 0 radical (unpaired) electrons. The molecule has 0 amide bonds. The fourth-order valence-electron chi connectivity index (χ4n) is 1.24. The van der Waals surface area contributed by atoms with E-state index in [0.29, 0.717) is 0 Å². The molecule has 0 spiro atoms. The van der Waals surface area contributed by atoms with Gasteiger partial charge >= 0.3 is 0 Å². The molecule has 0 unspecified atom stereocenters. The van der Waals surface area contributed by atoms with Crippen molar-refractivity contribution in [2.75, 3.05) is 19.0 Å². The van der Waals surface area contributed by atoms with Crippen LogP contribution in [0.25, 0.3) is 0 Å². The lowest BCUT2D eigenvalue weighted by molar-refractivity contribution is 0.535. The third kappa shape index (κ3) is 2.39. The maximum Gasteiger partial charge on any atom is -0.0235 e. The number of hydrogen-bond acceptors (Lipinski definition) is 1. The molecule has 1 heterocycles. The van der Waals surface area contributed by atoms with Gasteiger partial charge in [-0.2, -0.15) is 0 Å². The van der Waals surface area contributed by atoms with E-state index >= 15 is 0 Å². The molecule has 0 aromatic rings. The molecule has 0 aromatic carbocycles. The maximum atomic E-state index is 5.46. The number of hydrogen-bond donors (Lipinski definition) is 0. The van der Waals surface area contributed by atoms with Crippen molar-refractivity contribution in [3.8, 4) is 0 Å². The molecule has 1 aliphatic heterocycles. The van der Waals surface area contributed by atoms with Crippen LogP contribution in [0.5, 0.6) is 0 Å². The van der Waals surface area contributed by atoms with Crippen molar-refractivity contribution in [3.63, 3.8) is 0 Å². The number of rotatable bonds is 0. The van der Waals surface area contributed by atoms with Gasteiger partial charge < -0.3 is 0 Å². The lowest BCUT2D eigenvalue weighted by Crippen LogP contribution is -2.09. The zero-order valence-electron chi connectivity index (χ0n) is 6.26. The highest BCUT2D eigenvalue weighted by molar-refractivity contribution is 8.14. The summed E-state index contributed by atoms with van der Waals surface area (Å²) >= 11 is 5.46. The molecule has 1 aliphatic rings. The highest BCUT2D eigenvalue weighted by Gasteiger charge is 2.18. The molecule has 9 heavy (non-hydrogen) atoms. The van der Waals surface area contributed by atoms with Gasteiger partial charge in [-0.25, -0.2) is 0 Å². The first kappa shape index (κ1) is 7.75. The average molecular weight is 162 g/mol. The summed E-state index contributed by atoms with van der Waals surface area (Å²) in [6.45, 7) is 4.66. The quantitative estimate of drug-likeness (QED) is 0.493. The van der Waals surface area contributed by atoms with Gasteiger partial charge in [-0.05, 0) is 43.8 Å². The summed E-state index contributed by atoms with van der Waals surface area (Å²) in [5.41, 5.74) is 0. The van der Waals surface area contributed by atoms with Crippen LogP contribution in [0.3, 0.4) is 0 Å². The SMILES string of the molecule is CC1CCP(C)(=S)CC1. The van der Waals surface area contributed by atoms with Crippen LogP contribution in [-0.4, -0.2) is 19.0 Å². The van der Waals surface area contributed by atoms with E-state index in [4.69, 9.17) is 11.8 Å². The smallest absolute Gasteiger partial charge is 0.0235 e. The predicted octanol–water partition coefficient (Wildman–Crippen LogP) is 2.53. The van der Waals surface area contributed by atoms with Crippen LogP contribution >= 0.6 is 6.04 Å². The lowest BCUT2D eigenvalue weighted by Gasteiger charge is -2.26. The molecular weight excluding hydrogens is 147 g/mol. The third-order valence-electron chi connectivity index (χ3n) is 2.19. The molecule has 54 valence electrons. The molecule has 1 fully saturated rings. The summed E-state index contributed by atoms with van der Waals surface area (Å²) in [7, 11) is 0. The van der Waals surface area contributed by atoms with Gasteiger partial charge in [0, 0.05) is 0 Å². The Labute approximate surface area is 63.0 Å². The predicted molar refractivity (Wildman–Crippen MR) is 48.3 cm³/mol. The second-order valence-electron chi connectivity index (χ2n) is 3.43. The second-order valence-corrected chi connectivity index (χ2v) is 9.56. The van der Waals surface area contributed by atoms with Crippen molar-refractivity contribution in [1.82, 2.24) is 0 Å². The normalized spacial score (nSPS) is 44.9. The first-order valence-electron chi connectivity index (χ1n) is 3.66. The molecule has 1 saturated heterocycles. The molecule has 0 N–H and O–H groups in total. The van der Waals surface area contributed by atoms with Crippen molar-refractivity contribution in [3.05, 3.63) is 0 Å². The van der Waals surface area contributed by atoms with Crippen LogP contribution in [0, 0.1) is 5.92 Å². The van der Waals surface area contributed by atoms with Crippen molar-refractivity contribution >= 4 is 17.8 Å². The van der Waals surface area contributed by atoms with Crippen LogP contribution in [0.4, 0.5) is 0 Å². The zero-order chi connectivity index (χ0) is 6.91. The first-order chi connectivity index (χ1) is 4.10. The molecule has 2 heteroatoms. The highest BCUT2D eigenvalue weighted by atomic mass is 32.4.